The van der Waals surface area contributed by atoms with Crippen molar-refractivity contribution in [1.82, 2.24) is 9.88 Å². The Labute approximate surface area is 308 Å². The van der Waals surface area contributed by atoms with Gasteiger partial charge in [0.25, 0.3) is 0 Å². The molecule has 1 aliphatic rings. The van der Waals surface area contributed by atoms with E-state index in [0.717, 1.165) is 22.7 Å². The van der Waals surface area contributed by atoms with Crippen molar-refractivity contribution in [2.45, 2.75) is 6.04 Å². The summed E-state index contributed by atoms with van der Waals surface area (Å²) < 4.78 is 2.41. The topological polar surface area (TPSA) is 29.3 Å². The molecule has 1 aliphatic heterocycles. The molecule has 1 N–H and O–H groups in total. The molecule has 3 heteroatoms. The Kier molecular flexibility index (Phi) is 7.54. The number of hydrogen-bond acceptors (Lipinski definition) is 2. The summed E-state index contributed by atoms with van der Waals surface area (Å²) >= 11 is 0. The van der Waals surface area contributed by atoms with Crippen molar-refractivity contribution in [2.24, 2.45) is 4.99 Å². The monoisotopic (exact) mass is 677 g/mol. The summed E-state index contributed by atoms with van der Waals surface area (Å²) in [5.74, 6) is 0.863. The highest BCUT2D eigenvalue weighted by molar-refractivity contribution is 6.11. The number of hydrogen-bond donors (Lipinski definition) is 1. The van der Waals surface area contributed by atoms with Crippen molar-refractivity contribution in [3.8, 4) is 27.9 Å². The normalized spacial score (nSPS) is 14.2. The number of rotatable bonds is 6. The van der Waals surface area contributed by atoms with Crippen molar-refractivity contribution in [1.29, 1.82) is 0 Å². The molecule has 0 fully saturated rings. The van der Waals surface area contributed by atoms with Crippen LogP contribution in [0.1, 0.15) is 22.7 Å². The molecule has 9 aromatic rings. The molecule has 53 heavy (non-hydrogen) atoms. The molecule has 0 saturated carbocycles. The van der Waals surface area contributed by atoms with Crippen molar-refractivity contribution in [2.75, 3.05) is 0 Å². The van der Waals surface area contributed by atoms with Gasteiger partial charge in [-0.3, -0.25) is 0 Å². The Bertz CT molecular complexity index is 2770. The summed E-state index contributed by atoms with van der Waals surface area (Å²) in [6.45, 7) is 0. The molecular formula is C50H35N3. The lowest BCUT2D eigenvalue weighted by molar-refractivity contribution is 0.781. The molecule has 2 heterocycles. The van der Waals surface area contributed by atoms with Crippen molar-refractivity contribution >= 4 is 44.1 Å². The Hall–Kier alpha value is -6.97. The second-order valence-corrected chi connectivity index (χ2v) is 13.6. The van der Waals surface area contributed by atoms with Gasteiger partial charge in [0.15, 0.2) is 0 Å². The lowest BCUT2D eigenvalue weighted by Gasteiger charge is -2.24. The summed E-state index contributed by atoms with van der Waals surface area (Å²) in [6.07, 6.45) is 2.23. The molecule has 250 valence electrons. The van der Waals surface area contributed by atoms with E-state index in [-0.39, 0.29) is 6.04 Å². The van der Waals surface area contributed by atoms with Crippen LogP contribution in [0.5, 0.6) is 0 Å². The summed E-state index contributed by atoms with van der Waals surface area (Å²) in [6, 6.07) is 69.4. The van der Waals surface area contributed by atoms with E-state index in [4.69, 9.17) is 4.99 Å². The highest BCUT2D eigenvalue weighted by atomic mass is 15.0. The summed E-state index contributed by atoms with van der Waals surface area (Å²) in [7, 11) is 0. The van der Waals surface area contributed by atoms with Crippen LogP contribution in [0.15, 0.2) is 205 Å². The van der Waals surface area contributed by atoms with E-state index < -0.39 is 0 Å². The average molecular weight is 678 g/mol. The van der Waals surface area contributed by atoms with Crippen LogP contribution in [-0.4, -0.2) is 10.4 Å². The predicted octanol–water partition coefficient (Wildman–Crippen LogP) is 12.4. The quantitative estimate of drug-likeness (QED) is 0.186. The van der Waals surface area contributed by atoms with E-state index in [1.165, 1.54) is 66.1 Å². The van der Waals surface area contributed by atoms with E-state index in [2.05, 4.69) is 210 Å². The van der Waals surface area contributed by atoms with Gasteiger partial charge in [-0.1, -0.05) is 176 Å². The zero-order valence-corrected chi connectivity index (χ0v) is 29.0. The van der Waals surface area contributed by atoms with E-state index in [1.807, 2.05) is 0 Å². The number of amidine groups is 1. The summed E-state index contributed by atoms with van der Waals surface area (Å²) in [5, 5.41) is 8.71. The van der Waals surface area contributed by atoms with Gasteiger partial charge in [0.05, 0.1) is 28.5 Å². The number of nitrogens with zero attached hydrogens (tertiary/aromatic N) is 2. The fraction of sp³-hybridized carbons (Fsp3) is 0.0200. The molecule has 0 bridgehead atoms. The van der Waals surface area contributed by atoms with E-state index in [0.29, 0.717) is 0 Å². The fourth-order valence-corrected chi connectivity index (χ4v) is 7.87. The van der Waals surface area contributed by atoms with Crippen LogP contribution in [0.2, 0.25) is 0 Å². The maximum Gasteiger partial charge on any atom is 0.134 e. The Morgan fingerprint density at radius 2 is 0.906 bits per heavy atom. The third-order valence-electron chi connectivity index (χ3n) is 10.5. The van der Waals surface area contributed by atoms with Gasteiger partial charge >= 0.3 is 0 Å². The zero-order valence-electron chi connectivity index (χ0n) is 29.0. The van der Waals surface area contributed by atoms with Crippen LogP contribution < -0.4 is 5.32 Å². The number of benzene rings is 8. The van der Waals surface area contributed by atoms with Crippen molar-refractivity contribution in [3.05, 3.63) is 217 Å². The molecular weight excluding hydrogens is 643 g/mol. The number of aliphatic imine (C=N–C) groups is 1. The number of aromatic nitrogens is 1. The minimum Gasteiger partial charge on any atom is -0.359 e. The van der Waals surface area contributed by atoms with E-state index in [9.17, 15) is 0 Å². The minimum atomic E-state index is -0.00971. The van der Waals surface area contributed by atoms with Gasteiger partial charge in [-0.15, -0.1) is 0 Å². The first kappa shape index (κ1) is 30.8. The SMILES string of the molecule is C1=C(c2ccc(-c3ccccc3)cc2)N=C(c2ccc(-c3ccc(-n4c5ccccc5c5ccccc54)c4ccccc34)cc2)NC1c1ccccc1. The van der Waals surface area contributed by atoms with Crippen LogP contribution in [0.3, 0.4) is 0 Å². The highest BCUT2D eigenvalue weighted by Gasteiger charge is 2.21. The lowest BCUT2D eigenvalue weighted by atomic mass is 9.95. The third kappa shape index (κ3) is 5.51. The second kappa shape index (κ2) is 13.0. The van der Waals surface area contributed by atoms with Crippen LogP contribution in [-0.2, 0) is 0 Å². The first-order valence-corrected chi connectivity index (χ1v) is 18.2. The van der Waals surface area contributed by atoms with Gasteiger partial charge in [-0.2, -0.15) is 0 Å². The molecule has 0 radical (unpaired) electrons. The summed E-state index contributed by atoms with van der Waals surface area (Å²) in [5.41, 5.74) is 12.7. The van der Waals surface area contributed by atoms with Crippen LogP contribution in [0.25, 0.3) is 66.2 Å². The molecule has 1 unspecified atom stereocenters. The Morgan fingerprint density at radius 3 is 1.58 bits per heavy atom. The van der Waals surface area contributed by atoms with Gasteiger partial charge < -0.3 is 9.88 Å². The fourth-order valence-electron chi connectivity index (χ4n) is 7.87. The van der Waals surface area contributed by atoms with E-state index in [1.54, 1.807) is 0 Å². The first-order chi connectivity index (χ1) is 26.3. The zero-order chi connectivity index (χ0) is 35.1. The number of nitrogens with one attached hydrogen (secondary N) is 1. The molecule has 0 spiro atoms. The minimum absolute atomic E-state index is 0.00971. The first-order valence-electron chi connectivity index (χ1n) is 18.2. The Balaban J connectivity index is 1.02. The molecule has 10 rings (SSSR count). The molecule has 0 aliphatic carbocycles. The predicted molar refractivity (Wildman–Crippen MR) is 222 cm³/mol. The standard InChI is InChI=1S/C50H35N3/c1-3-13-34(14-4-1)35-23-27-38(28-24-35)46-33-45(37-15-5-2-6-16-37)51-50(52-46)39-29-25-36(26-30-39)40-31-32-49(42-18-8-7-17-41(40)42)53-47-21-11-9-19-43(47)44-20-10-12-22-48(44)53/h1-33,45H,(H,51,52). The average Bonchev–Trinajstić information content (AvgIpc) is 3.58. The molecule has 8 aromatic carbocycles. The third-order valence-corrected chi connectivity index (χ3v) is 10.5. The van der Waals surface area contributed by atoms with Gasteiger partial charge in [0, 0.05) is 21.7 Å². The molecule has 3 nitrogen and oxygen atoms in total. The van der Waals surface area contributed by atoms with Gasteiger partial charge in [0.1, 0.15) is 5.84 Å². The molecule has 1 atom stereocenters. The molecule has 0 saturated heterocycles. The largest absolute Gasteiger partial charge is 0.359 e. The number of fused-ring (bicyclic) bond motifs is 4. The van der Waals surface area contributed by atoms with Crippen molar-refractivity contribution < 1.29 is 0 Å². The second-order valence-electron chi connectivity index (χ2n) is 13.6. The van der Waals surface area contributed by atoms with Crippen molar-refractivity contribution in [3.63, 3.8) is 0 Å². The van der Waals surface area contributed by atoms with Crippen LogP contribution >= 0.6 is 0 Å². The van der Waals surface area contributed by atoms with Gasteiger partial charge in [-0.25, -0.2) is 4.99 Å². The van der Waals surface area contributed by atoms with Crippen LogP contribution in [0, 0.1) is 0 Å². The highest BCUT2D eigenvalue weighted by Crippen LogP contribution is 2.38. The smallest absolute Gasteiger partial charge is 0.134 e. The van der Waals surface area contributed by atoms with Gasteiger partial charge in [0.2, 0.25) is 0 Å². The lowest BCUT2D eigenvalue weighted by Crippen LogP contribution is -2.31. The number of para-hydroxylation sites is 2. The Morgan fingerprint density at radius 1 is 0.396 bits per heavy atom. The maximum absolute atomic E-state index is 5.21. The van der Waals surface area contributed by atoms with Gasteiger partial charge in [-0.05, 0) is 63.0 Å². The molecule has 1 aromatic heterocycles. The van der Waals surface area contributed by atoms with Crippen LogP contribution in [0.4, 0.5) is 0 Å². The van der Waals surface area contributed by atoms with E-state index >= 15 is 0 Å². The summed E-state index contributed by atoms with van der Waals surface area (Å²) in [4.78, 5) is 5.21. The molecule has 0 amide bonds. The maximum atomic E-state index is 5.21.